The molecule has 3 aromatic carbocycles. The highest BCUT2D eigenvalue weighted by atomic mass is 19.1. The second kappa shape index (κ2) is 6.55. The number of carbonyl (C=O) groups excluding carboxylic acids is 1. The Morgan fingerprint density at radius 3 is 1.04 bits per heavy atom. The number of ketones is 1. The second-order valence-corrected chi connectivity index (χ2v) is 5.83. The van der Waals surface area contributed by atoms with Crippen molar-refractivity contribution in [2.45, 2.75) is 12.3 Å². The van der Waals surface area contributed by atoms with E-state index in [0.717, 1.165) is 0 Å². The number of benzene rings is 3. The van der Waals surface area contributed by atoms with E-state index >= 15 is 0 Å². The number of hydrogen-bond donors (Lipinski definition) is 0. The molecule has 0 aliphatic rings. The molecule has 0 saturated heterocycles. The summed E-state index contributed by atoms with van der Waals surface area (Å²) in [6.45, 7) is 1.41. The van der Waals surface area contributed by atoms with Crippen LogP contribution in [0.4, 0.5) is 13.2 Å². The first-order valence-corrected chi connectivity index (χ1v) is 7.74. The average Bonchev–Trinajstić information content (AvgIpc) is 2.60. The third-order valence-electron chi connectivity index (χ3n) is 4.36. The lowest BCUT2D eigenvalue weighted by atomic mass is 9.67. The molecule has 0 heterocycles. The molecule has 1 nitrogen and oxygen atoms in total. The molecule has 0 atom stereocenters. The standard InChI is InChI=1S/C21H15F3O/c1-14(25)21(15-2-8-18(22)9-3-15,16-4-10-19(23)11-5-16)17-6-12-20(24)13-7-17/h2-13H,1H3. The smallest absolute Gasteiger partial charge is 0.149 e. The molecule has 3 rings (SSSR count). The SMILES string of the molecule is CC(=O)C(c1ccc(F)cc1)(c1ccc(F)cc1)c1ccc(F)cc1. The topological polar surface area (TPSA) is 17.1 Å². The van der Waals surface area contributed by atoms with E-state index in [4.69, 9.17) is 0 Å². The maximum absolute atomic E-state index is 13.4. The summed E-state index contributed by atoms with van der Waals surface area (Å²) in [4.78, 5) is 12.8. The van der Waals surface area contributed by atoms with Crippen LogP contribution in [0, 0.1) is 17.5 Å². The fourth-order valence-electron chi connectivity index (χ4n) is 3.21. The monoisotopic (exact) mass is 340 g/mol. The molecule has 0 N–H and O–H groups in total. The summed E-state index contributed by atoms with van der Waals surface area (Å²) in [6.07, 6.45) is 0. The summed E-state index contributed by atoms with van der Waals surface area (Å²) >= 11 is 0. The van der Waals surface area contributed by atoms with E-state index in [0.29, 0.717) is 16.7 Å². The van der Waals surface area contributed by atoms with E-state index in [2.05, 4.69) is 0 Å². The first-order valence-electron chi connectivity index (χ1n) is 7.74. The van der Waals surface area contributed by atoms with Crippen LogP contribution in [0.15, 0.2) is 72.8 Å². The van der Waals surface area contributed by atoms with Crippen molar-refractivity contribution in [1.82, 2.24) is 0 Å². The van der Waals surface area contributed by atoms with E-state index in [1.54, 1.807) is 0 Å². The highest BCUT2D eigenvalue weighted by Gasteiger charge is 2.41. The van der Waals surface area contributed by atoms with Gasteiger partial charge >= 0.3 is 0 Å². The van der Waals surface area contributed by atoms with Crippen molar-refractivity contribution in [3.05, 3.63) is 107 Å². The zero-order chi connectivity index (χ0) is 18.0. The largest absolute Gasteiger partial charge is 0.298 e. The van der Waals surface area contributed by atoms with E-state index < -0.39 is 22.9 Å². The molecule has 0 aliphatic carbocycles. The fourth-order valence-corrected chi connectivity index (χ4v) is 3.21. The van der Waals surface area contributed by atoms with Crippen molar-refractivity contribution in [3.63, 3.8) is 0 Å². The molecular formula is C21H15F3O. The lowest BCUT2D eigenvalue weighted by molar-refractivity contribution is -0.119. The van der Waals surface area contributed by atoms with E-state index in [1.807, 2.05) is 0 Å². The minimum absolute atomic E-state index is 0.239. The molecule has 0 unspecified atom stereocenters. The van der Waals surface area contributed by atoms with Gasteiger partial charge in [0.2, 0.25) is 0 Å². The maximum Gasteiger partial charge on any atom is 0.149 e. The Hall–Kier alpha value is -2.88. The van der Waals surface area contributed by atoms with Crippen LogP contribution in [-0.2, 0) is 10.2 Å². The zero-order valence-corrected chi connectivity index (χ0v) is 13.5. The number of halogens is 3. The third kappa shape index (κ3) is 2.95. The Morgan fingerprint density at radius 1 is 0.600 bits per heavy atom. The van der Waals surface area contributed by atoms with Crippen LogP contribution >= 0.6 is 0 Å². The van der Waals surface area contributed by atoms with E-state index in [-0.39, 0.29) is 5.78 Å². The molecular weight excluding hydrogens is 325 g/mol. The Bertz CT molecular complexity index is 771. The Morgan fingerprint density at radius 2 is 0.840 bits per heavy atom. The predicted octanol–water partition coefficient (Wildman–Crippen LogP) is 5.03. The van der Waals surface area contributed by atoms with Crippen LogP contribution in [0.5, 0.6) is 0 Å². The van der Waals surface area contributed by atoms with Crippen LogP contribution in [0.3, 0.4) is 0 Å². The zero-order valence-electron chi connectivity index (χ0n) is 13.5. The molecule has 3 aromatic rings. The highest BCUT2D eigenvalue weighted by molar-refractivity contribution is 5.96. The van der Waals surface area contributed by atoms with Gasteiger partial charge in [0.15, 0.2) is 0 Å². The van der Waals surface area contributed by atoms with E-state index in [1.165, 1.54) is 79.7 Å². The maximum atomic E-state index is 13.4. The van der Waals surface area contributed by atoms with Crippen molar-refractivity contribution >= 4 is 5.78 Å². The van der Waals surface area contributed by atoms with Gasteiger partial charge in [-0.15, -0.1) is 0 Å². The summed E-state index contributed by atoms with van der Waals surface area (Å²) < 4.78 is 40.2. The van der Waals surface area contributed by atoms with Crippen molar-refractivity contribution in [2.24, 2.45) is 0 Å². The summed E-state index contributed by atoms with van der Waals surface area (Å²) in [5.74, 6) is -1.53. The lowest BCUT2D eigenvalue weighted by Crippen LogP contribution is -2.37. The van der Waals surface area contributed by atoms with Crippen LogP contribution in [0.25, 0.3) is 0 Å². The quantitative estimate of drug-likeness (QED) is 0.609. The fraction of sp³-hybridized carbons (Fsp3) is 0.0952. The van der Waals surface area contributed by atoms with Crippen molar-refractivity contribution < 1.29 is 18.0 Å². The van der Waals surface area contributed by atoms with Crippen LogP contribution in [0.1, 0.15) is 23.6 Å². The Balaban J connectivity index is 2.35. The molecule has 25 heavy (non-hydrogen) atoms. The summed E-state index contributed by atoms with van der Waals surface area (Å²) in [5.41, 5.74) is 0.300. The number of hydrogen-bond acceptors (Lipinski definition) is 1. The normalized spacial score (nSPS) is 11.4. The van der Waals surface area contributed by atoms with Gasteiger partial charge in [-0.1, -0.05) is 36.4 Å². The Labute approximate surface area is 143 Å². The lowest BCUT2D eigenvalue weighted by Gasteiger charge is -2.33. The molecule has 0 spiro atoms. The summed E-state index contributed by atoms with van der Waals surface area (Å²) in [7, 11) is 0. The minimum atomic E-state index is -1.28. The molecule has 0 amide bonds. The molecule has 0 saturated carbocycles. The third-order valence-corrected chi connectivity index (χ3v) is 4.36. The van der Waals surface area contributed by atoms with Crippen LogP contribution < -0.4 is 0 Å². The molecule has 126 valence electrons. The van der Waals surface area contributed by atoms with Crippen molar-refractivity contribution in [3.8, 4) is 0 Å². The first-order chi connectivity index (χ1) is 11.9. The van der Waals surface area contributed by atoms with Gasteiger partial charge in [-0.2, -0.15) is 0 Å². The van der Waals surface area contributed by atoms with Gasteiger partial charge in [0.1, 0.15) is 28.6 Å². The van der Waals surface area contributed by atoms with Gasteiger partial charge in [-0.05, 0) is 60.0 Å². The van der Waals surface area contributed by atoms with Gasteiger partial charge < -0.3 is 0 Å². The van der Waals surface area contributed by atoms with Gasteiger partial charge in [0.05, 0.1) is 0 Å². The number of rotatable bonds is 4. The average molecular weight is 340 g/mol. The van der Waals surface area contributed by atoms with Gasteiger partial charge in [0.25, 0.3) is 0 Å². The van der Waals surface area contributed by atoms with E-state index in [9.17, 15) is 18.0 Å². The number of Topliss-reactive ketones (excluding diaryl/α,β-unsaturated/α-hetero) is 1. The van der Waals surface area contributed by atoms with Crippen LogP contribution in [-0.4, -0.2) is 5.78 Å². The Kier molecular flexibility index (Phi) is 4.45. The predicted molar refractivity (Wildman–Crippen MR) is 89.8 cm³/mol. The molecule has 4 heteroatoms. The summed E-state index contributed by atoms with van der Waals surface area (Å²) in [6, 6.07) is 16.7. The summed E-state index contributed by atoms with van der Waals surface area (Å²) in [5, 5.41) is 0. The molecule has 0 aromatic heterocycles. The van der Waals surface area contributed by atoms with Crippen molar-refractivity contribution in [2.75, 3.05) is 0 Å². The van der Waals surface area contributed by atoms with Gasteiger partial charge in [0, 0.05) is 0 Å². The minimum Gasteiger partial charge on any atom is -0.298 e. The molecule has 0 radical (unpaired) electrons. The molecule has 0 fully saturated rings. The first kappa shape index (κ1) is 17.0. The number of carbonyl (C=O) groups is 1. The van der Waals surface area contributed by atoms with Gasteiger partial charge in [-0.25, -0.2) is 13.2 Å². The van der Waals surface area contributed by atoms with Crippen molar-refractivity contribution in [1.29, 1.82) is 0 Å². The van der Waals surface area contributed by atoms with Crippen LogP contribution in [0.2, 0.25) is 0 Å². The molecule has 0 bridgehead atoms. The molecule has 0 aliphatic heterocycles. The second-order valence-electron chi connectivity index (χ2n) is 5.83. The highest BCUT2D eigenvalue weighted by Crippen LogP contribution is 2.40. The van der Waals surface area contributed by atoms with Gasteiger partial charge in [-0.3, -0.25) is 4.79 Å².